The molecule has 0 unspecified atom stereocenters. The van der Waals surface area contributed by atoms with Gasteiger partial charge in [-0.1, -0.05) is 11.6 Å². The normalized spacial score (nSPS) is 10.2. The third-order valence-electron chi connectivity index (χ3n) is 2.39. The van der Waals surface area contributed by atoms with Gasteiger partial charge in [0.1, 0.15) is 5.82 Å². The smallest absolute Gasteiger partial charge is 0.239 e. The minimum absolute atomic E-state index is 0.0628. The number of aromatic nitrogens is 1. The molecule has 1 aromatic rings. The number of rotatable bonds is 7. The van der Waals surface area contributed by atoms with Crippen LogP contribution in [-0.2, 0) is 4.79 Å². The summed E-state index contributed by atoms with van der Waals surface area (Å²) in [4.78, 5) is 17.5. The molecule has 1 aromatic heterocycles. The van der Waals surface area contributed by atoms with Crippen molar-refractivity contribution >= 4 is 23.3 Å². The summed E-state index contributed by atoms with van der Waals surface area (Å²) in [7, 11) is 1.80. The van der Waals surface area contributed by atoms with Crippen molar-refractivity contribution in [3.8, 4) is 0 Å². The van der Waals surface area contributed by atoms with E-state index in [4.69, 9.17) is 16.7 Å². The number of pyridine rings is 1. The van der Waals surface area contributed by atoms with Crippen molar-refractivity contribution in [1.82, 2.24) is 10.3 Å². The number of amides is 1. The molecule has 100 valence electrons. The molecular weight excluding hydrogens is 254 g/mol. The second-order valence-corrected chi connectivity index (χ2v) is 4.41. The third kappa shape index (κ3) is 5.33. The molecule has 0 aliphatic carbocycles. The maximum Gasteiger partial charge on any atom is 0.239 e. The third-order valence-corrected chi connectivity index (χ3v) is 2.61. The predicted octanol–water partition coefficient (Wildman–Crippen LogP) is 1.06. The Bertz CT molecular complexity index is 370. The maximum atomic E-state index is 11.6. The Balaban J connectivity index is 2.33. The molecule has 0 spiro atoms. The molecule has 0 fully saturated rings. The van der Waals surface area contributed by atoms with E-state index >= 15 is 0 Å². The lowest BCUT2D eigenvalue weighted by molar-refractivity contribution is -0.119. The minimum atomic E-state index is -0.0628. The van der Waals surface area contributed by atoms with Gasteiger partial charge in [-0.3, -0.25) is 4.79 Å². The van der Waals surface area contributed by atoms with Gasteiger partial charge in [0, 0.05) is 26.4 Å². The van der Waals surface area contributed by atoms with Crippen LogP contribution in [0.4, 0.5) is 5.82 Å². The zero-order valence-electron chi connectivity index (χ0n) is 10.4. The second kappa shape index (κ2) is 7.89. The van der Waals surface area contributed by atoms with Crippen LogP contribution in [0.2, 0.25) is 5.02 Å². The fourth-order valence-electron chi connectivity index (χ4n) is 1.41. The first-order valence-electron chi connectivity index (χ1n) is 5.83. The molecule has 0 aromatic carbocycles. The average Bonchev–Trinajstić information content (AvgIpc) is 2.35. The lowest BCUT2D eigenvalue weighted by Crippen LogP contribution is -2.36. The average molecular weight is 272 g/mol. The van der Waals surface area contributed by atoms with E-state index in [9.17, 15) is 4.79 Å². The highest BCUT2D eigenvalue weighted by Crippen LogP contribution is 2.12. The van der Waals surface area contributed by atoms with Crippen molar-refractivity contribution in [1.29, 1.82) is 0 Å². The summed E-state index contributed by atoms with van der Waals surface area (Å²) in [5.74, 6) is 0.636. The van der Waals surface area contributed by atoms with Gasteiger partial charge in [0.05, 0.1) is 11.6 Å². The Labute approximate surface area is 112 Å². The first kappa shape index (κ1) is 14.7. The van der Waals surface area contributed by atoms with Gasteiger partial charge >= 0.3 is 0 Å². The van der Waals surface area contributed by atoms with E-state index in [1.165, 1.54) is 0 Å². The van der Waals surface area contributed by atoms with Crippen molar-refractivity contribution in [2.24, 2.45) is 0 Å². The molecule has 18 heavy (non-hydrogen) atoms. The highest BCUT2D eigenvalue weighted by Gasteiger charge is 2.07. The Hall–Kier alpha value is -1.33. The lowest BCUT2D eigenvalue weighted by Gasteiger charge is -2.17. The van der Waals surface area contributed by atoms with E-state index in [-0.39, 0.29) is 19.1 Å². The summed E-state index contributed by atoms with van der Waals surface area (Å²) >= 11 is 5.74. The van der Waals surface area contributed by atoms with Crippen LogP contribution in [0.15, 0.2) is 18.3 Å². The van der Waals surface area contributed by atoms with Gasteiger partial charge in [0.25, 0.3) is 0 Å². The molecule has 5 nitrogen and oxygen atoms in total. The van der Waals surface area contributed by atoms with Crippen LogP contribution in [-0.4, -0.2) is 42.7 Å². The van der Waals surface area contributed by atoms with E-state index in [2.05, 4.69) is 10.3 Å². The molecule has 1 heterocycles. The standard InChI is InChI=1S/C12H18ClN3O2/c1-16(11-5-4-10(13)8-15-11)9-12(18)14-6-2-3-7-17/h4-5,8,17H,2-3,6-7,9H2,1H3,(H,14,18). The minimum Gasteiger partial charge on any atom is -0.396 e. The zero-order chi connectivity index (χ0) is 13.4. The number of nitrogens with one attached hydrogen (secondary N) is 1. The molecule has 0 saturated carbocycles. The van der Waals surface area contributed by atoms with E-state index in [0.29, 0.717) is 23.8 Å². The summed E-state index contributed by atoms with van der Waals surface area (Å²) < 4.78 is 0. The summed E-state index contributed by atoms with van der Waals surface area (Å²) in [6.45, 7) is 0.986. The van der Waals surface area contributed by atoms with Crippen LogP contribution in [0, 0.1) is 0 Å². The highest BCUT2D eigenvalue weighted by atomic mass is 35.5. The number of hydrogen-bond acceptors (Lipinski definition) is 4. The number of carbonyl (C=O) groups is 1. The molecular formula is C12H18ClN3O2. The van der Waals surface area contributed by atoms with Gasteiger partial charge in [0.2, 0.25) is 5.91 Å². The fraction of sp³-hybridized carbons (Fsp3) is 0.500. The lowest BCUT2D eigenvalue weighted by atomic mass is 10.3. The van der Waals surface area contributed by atoms with Crippen LogP contribution < -0.4 is 10.2 Å². The van der Waals surface area contributed by atoms with Gasteiger partial charge in [-0.05, 0) is 25.0 Å². The monoisotopic (exact) mass is 271 g/mol. The van der Waals surface area contributed by atoms with Crippen LogP contribution in [0.3, 0.4) is 0 Å². The summed E-state index contributed by atoms with van der Waals surface area (Å²) in [6.07, 6.45) is 3.03. The van der Waals surface area contributed by atoms with E-state index < -0.39 is 0 Å². The Kier molecular flexibility index (Phi) is 6.46. The topological polar surface area (TPSA) is 65.5 Å². The molecule has 0 saturated heterocycles. The number of hydrogen-bond donors (Lipinski definition) is 2. The summed E-state index contributed by atoms with van der Waals surface area (Å²) in [6, 6.07) is 3.50. The van der Waals surface area contributed by atoms with Crippen LogP contribution >= 0.6 is 11.6 Å². The molecule has 1 rings (SSSR count). The van der Waals surface area contributed by atoms with Crippen molar-refractivity contribution in [2.75, 3.05) is 31.6 Å². The predicted molar refractivity (Wildman–Crippen MR) is 71.8 cm³/mol. The molecule has 0 bridgehead atoms. The molecule has 0 radical (unpaired) electrons. The number of carbonyl (C=O) groups excluding carboxylic acids is 1. The molecule has 1 amide bonds. The first-order valence-corrected chi connectivity index (χ1v) is 6.21. The molecule has 0 aliphatic heterocycles. The Morgan fingerprint density at radius 2 is 2.28 bits per heavy atom. The number of likely N-dealkylation sites (N-methyl/N-ethyl adjacent to an activating group) is 1. The summed E-state index contributed by atoms with van der Waals surface area (Å²) in [5, 5.41) is 12.0. The number of aliphatic hydroxyl groups excluding tert-OH is 1. The number of aliphatic hydroxyl groups is 1. The Morgan fingerprint density at radius 1 is 1.50 bits per heavy atom. The first-order chi connectivity index (χ1) is 8.63. The van der Waals surface area contributed by atoms with E-state index in [1.807, 2.05) is 0 Å². The highest BCUT2D eigenvalue weighted by molar-refractivity contribution is 6.30. The molecule has 6 heteroatoms. The quantitative estimate of drug-likeness (QED) is 0.728. The molecule has 2 N–H and O–H groups in total. The second-order valence-electron chi connectivity index (χ2n) is 3.97. The number of halogens is 1. The number of nitrogens with zero attached hydrogens (tertiary/aromatic N) is 2. The van der Waals surface area contributed by atoms with Crippen molar-refractivity contribution < 1.29 is 9.90 Å². The van der Waals surface area contributed by atoms with Gasteiger partial charge in [-0.25, -0.2) is 4.98 Å². The van der Waals surface area contributed by atoms with E-state index in [0.717, 1.165) is 6.42 Å². The van der Waals surface area contributed by atoms with Crippen molar-refractivity contribution in [3.63, 3.8) is 0 Å². The van der Waals surface area contributed by atoms with Crippen LogP contribution in [0.5, 0.6) is 0 Å². The fourth-order valence-corrected chi connectivity index (χ4v) is 1.52. The van der Waals surface area contributed by atoms with Crippen molar-refractivity contribution in [3.05, 3.63) is 23.4 Å². The number of anilines is 1. The maximum absolute atomic E-state index is 11.6. The van der Waals surface area contributed by atoms with E-state index in [1.54, 1.807) is 30.3 Å². The van der Waals surface area contributed by atoms with Gasteiger partial charge in [-0.15, -0.1) is 0 Å². The zero-order valence-corrected chi connectivity index (χ0v) is 11.2. The number of unbranched alkanes of at least 4 members (excludes halogenated alkanes) is 1. The van der Waals surface area contributed by atoms with Crippen molar-refractivity contribution in [2.45, 2.75) is 12.8 Å². The van der Waals surface area contributed by atoms with Crippen LogP contribution in [0.25, 0.3) is 0 Å². The molecule has 0 aliphatic rings. The van der Waals surface area contributed by atoms with Gasteiger partial charge < -0.3 is 15.3 Å². The van der Waals surface area contributed by atoms with Gasteiger partial charge in [-0.2, -0.15) is 0 Å². The van der Waals surface area contributed by atoms with Gasteiger partial charge in [0.15, 0.2) is 0 Å². The largest absolute Gasteiger partial charge is 0.396 e. The SMILES string of the molecule is CN(CC(=O)NCCCCO)c1ccc(Cl)cn1. The summed E-state index contributed by atoms with van der Waals surface area (Å²) in [5.41, 5.74) is 0. The molecule has 0 atom stereocenters. The van der Waals surface area contributed by atoms with Crippen LogP contribution in [0.1, 0.15) is 12.8 Å². The Morgan fingerprint density at radius 3 is 2.89 bits per heavy atom.